The van der Waals surface area contributed by atoms with Gasteiger partial charge in [0.05, 0.1) is 0 Å². The molecule has 16 heavy (non-hydrogen) atoms. The standard InChI is InChI=1S/C12H23NO3/c1-12(2,3)16-11(15)13(4)10-7-5-6-9(10)8-14/h9-10,14H,5-8H2,1-4H3/t9-,10+/m1/s1. The Morgan fingerprint density at radius 3 is 2.56 bits per heavy atom. The maximum Gasteiger partial charge on any atom is 0.410 e. The van der Waals surface area contributed by atoms with Gasteiger partial charge in [0.1, 0.15) is 5.60 Å². The Morgan fingerprint density at radius 1 is 1.44 bits per heavy atom. The molecule has 4 nitrogen and oxygen atoms in total. The van der Waals surface area contributed by atoms with Gasteiger partial charge in [0.2, 0.25) is 0 Å². The molecule has 0 saturated heterocycles. The van der Waals surface area contributed by atoms with E-state index in [0.717, 1.165) is 19.3 Å². The normalized spacial score (nSPS) is 25.6. The summed E-state index contributed by atoms with van der Waals surface area (Å²) in [5.74, 6) is 0.206. The highest BCUT2D eigenvalue weighted by Crippen LogP contribution is 2.29. The van der Waals surface area contributed by atoms with Crippen LogP contribution >= 0.6 is 0 Å². The molecule has 1 aliphatic carbocycles. The molecule has 0 spiro atoms. The lowest BCUT2D eigenvalue weighted by atomic mass is 10.0. The molecule has 1 amide bonds. The molecule has 0 unspecified atom stereocenters. The van der Waals surface area contributed by atoms with E-state index in [0.29, 0.717) is 0 Å². The minimum absolute atomic E-state index is 0.125. The molecule has 0 bridgehead atoms. The summed E-state index contributed by atoms with van der Waals surface area (Å²) in [5.41, 5.74) is -0.460. The third-order valence-electron chi connectivity index (χ3n) is 3.03. The maximum atomic E-state index is 11.8. The zero-order valence-corrected chi connectivity index (χ0v) is 10.7. The Bertz CT molecular complexity index is 247. The fourth-order valence-corrected chi connectivity index (χ4v) is 2.21. The smallest absolute Gasteiger partial charge is 0.410 e. The van der Waals surface area contributed by atoms with Gasteiger partial charge in [-0.2, -0.15) is 0 Å². The van der Waals surface area contributed by atoms with Gasteiger partial charge >= 0.3 is 6.09 Å². The Morgan fingerprint density at radius 2 is 2.06 bits per heavy atom. The molecular weight excluding hydrogens is 206 g/mol. The predicted molar refractivity (Wildman–Crippen MR) is 62.2 cm³/mol. The van der Waals surface area contributed by atoms with Crippen molar-refractivity contribution in [1.82, 2.24) is 4.90 Å². The summed E-state index contributed by atoms with van der Waals surface area (Å²) in [6, 6.07) is 0.125. The largest absolute Gasteiger partial charge is 0.444 e. The highest BCUT2D eigenvalue weighted by atomic mass is 16.6. The molecule has 0 aromatic rings. The third kappa shape index (κ3) is 3.37. The van der Waals surface area contributed by atoms with Crippen molar-refractivity contribution in [1.29, 1.82) is 0 Å². The first-order valence-electron chi connectivity index (χ1n) is 5.92. The van der Waals surface area contributed by atoms with Gasteiger partial charge in [0.15, 0.2) is 0 Å². The first kappa shape index (κ1) is 13.3. The van der Waals surface area contributed by atoms with Gasteiger partial charge in [-0.25, -0.2) is 4.79 Å². The van der Waals surface area contributed by atoms with E-state index in [4.69, 9.17) is 4.74 Å². The summed E-state index contributed by atoms with van der Waals surface area (Å²) in [4.78, 5) is 13.5. The molecule has 1 aliphatic rings. The van der Waals surface area contributed by atoms with E-state index in [1.807, 2.05) is 20.8 Å². The van der Waals surface area contributed by atoms with E-state index in [1.165, 1.54) is 0 Å². The third-order valence-corrected chi connectivity index (χ3v) is 3.03. The van der Waals surface area contributed by atoms with Gasteiger partial charge in [0, 0.05) is 25.6 Å². The molecule has 0 aromatic carbocycles. The molecule has 94 valence electrons. The average molecular weight is 229 g/mol. The van der Waals surface area contributed by atoms with Crippen LogP contribution in [0, 0.1) is 5.92 Å². The van der Waals surface area contributed by atoms with E-state index >= 15 is 0 Å². The van der Waals surface area contributed by atoms with Crippen LogP contribution in [0.4, 0.5) is 4.79 Å². The summed E-state index contributed by atoms with van der Waals surface area (Å²) in [6.07, 6.45) is 2.73. The predicted octanol–water partition coefficient (Wildman–Crippen LogP) is 2.01. The van der Waals surface area contributed by atoms with Crippen LogP contribution in [0.25, 0.3) is 0 Å². The molecule has 1 N–H and O–H groups in total. The average Bonchev–Trinajstić information content (AvgIpc) is 2.61. The lowest BCUT2D eigenvalue weighted by Crippen LogP contribution is -2.43. The zero-order chi connectivity index (χ0) is 12.3. The van der Waals surface area contributed by atoms with E-state index in [2.05, 4.69) is 0 Å². The summed E-state index contributed by atoms with van der Waals surface area (Å²) in [6.45, 7) is 5.72. The lowest BCUT2D eigenvalue weighted by Gasteiger charge is -2.31. The number of carbonyl (C=O) groups excluding carboxylic acids is 1. The van der Waals surface area contributed by atoms with Crippen LogP contribution in [0.2, 0.25) is 0 Å². The van der Waals surface area contributed by atoms with Crippen molar-refractivity contribution in [2.24, 2.45) is 5.92 Å². The molecule has 0 heterocycles. The van der Waals surface area contributed by atoms with Gasteiger partial charge in [-0.15, -0.1) is 0 Å². The number of aliphatic hydroxyl groups excluding tert-OH is 1. The van der Waals surface area contributed by atoms with E-state index in [9.17, 15) is 9.90 Å². The SMILES string of the molecule is CN(C(=O)OC(C)(C)C)[C@H]1CCC[C@@H]1CO. The van der Waals surface area contributed by atoms with Crippen molar-refractivity contribution < 1.29 is 14.6 Å². The van der Waals surface area contributed by atoms with Crippen molar-refractivity contribution in [3.63, 3.8) is 0 Å². The van der Waals surface area contributed by atoms with Crippen LogP contribution < -0.4 is 0 Å². The number of ether oxygens (including phenoxy) is 1. The van der Waals surface area contributed by atoms with E-state index < -0.39 is 5.60 Å². The Kier molecular flexibility index (Phi) is 4.19. The number of hydrogen-bond donors (Lipinski definition) is 1. The van der Waals surface area contributed by atoms with Crippen LogP contribution in [0.1, 0.15) is 40.0 Å². The summed E-state index contributed by atoms with van der Waals surface area (Å²) >= 11 is 0. The van der Waals surface area contributed by atoms with Crippen LogP contribution in [-0.2, 0) is 4.74 Å². The number of aliphatic hydroxyl groups is 1. The topological polar surface area (TPSA) is 49.8 Å². The van der Waals surface area contributed by atoms with Crippen LogP contribution in [0.3, 0.4) is 0 Å². The number of nitrogens with zero attached hydrogens (tertiary/aromatic N) is 1. The van der Waals surface area contributed by atoms with Crippen molar-refractivity contribution in [2.45, 2.75) is 51.7 Å². The second kappa shape index (κ2) is 5.04. The summed E-state index contributed by atoms with van der Waals surface area (Å²) in [5, 5.41) is 9.22. The Balaban J connectivity index is 2.56. The molecule has 1 rings (SSSR count). The van der Waals surface area contributed by atoms with Gasteiger partial charge in [-0.1, -0.05) is 6.42 Å². The van der Waals surface area contributed by atoms with E-state index in [-0.39, 0.29) is 24.7 Å². The van der Waals surface area contributed by atoms with Crippen molar-refractivity contribution in [2.75, 3.05) is 13.7 Å². The molecular formula is C12H23NO3. The minimum atomic E-state index is -0.460. The van der Waals surface area contributed by atoms with Gasteiger partial charge in [-0.3, -0.25) is 0 Å². The van der Waals surface area contributed by atoms with Crippen LogP contribution in [0.15, 0.2) is 0 Å². The van der Waals surface area contributed by atoms with Gasteiger partial charge in [-0.05, 0) is 33.6 Å². The van der Waals surface area contributed by atoms with Crippen LogP contribution in [-0.4, -0.2) is 41.4 Å². The minimum Gasteiger partial charge on any atom is -0.444 e. The summed E-state index contributed by atoms with van der Waals surface area (Å²) in [7, 11) is 1.76. The fraction of sp³-hybridized carbons (Fsp3) is 0.917. The number of carbonyl (C=O) groups is 1. The number of hydrogen-bond acceptors (Lipinski definition) is 3. The second-order valence-corrected chi connectivity index (χ2v) is 5.53. The Labute approximate surface area is 97.6 Å². The zero-order valence-electron chi connectivity index (χ0n) is 10.7. The molecule has 0 aromatic heterocycles. The molecule has 1 saturated carbocycles. The number of amides is 1. The van der Waals surface area contributed by atoms with Crippen molar-refractivity contribution in [3.8, 4) is 0 Å². The maximum absolute atomic E-state index is 11.8. The van der Waals surface area contributed by atoms with Crippen molar-refractivity contribution >= 4 is 6.09 Å². The second-order valence-electron chi connectivity index (χ2n) is 5.53. The lowest BCUT2D eigenvalue weighted by molar-refractivity contribution is 0.0159. The molecule has 0 aliphatic heterocycles. The van der Waals surface area contributed by atoms with Gasteiger partial charge in [0.25, 0.3) is 0 Å². The van der Waals surface area contributed by atoms with Crippen LogP contribution in [0.5, 0.6) is 0 Å². The van der Waals surface area contributed by atoms with Crippen molar-refractivity contribution in [3.05, 3.63) is 0 Å². The highest BCUT2D eigenvalue weighted by molar-refractivity contribution is 5.68. The van der Waals surface area contributed by atoms with Gasteiger partial charge < -0.3 is 14.7 Å². The first-order chi connectivity index (χ1) is 7.35. The van der Waals surface area contributed by atoms with E-state index in [1.54, 1.807) is 11.9 Å². The first-order valence-corrected chi connectivity index (χ1v) is 5.92. The summed E-state index contributed by atoms with van der Waals surface area (Å²) < 4.78 is 5.31. The molecule has 0 radical (unpaired) electrons. The fourth-order valence-electron chi connectivity index (χ4n) is 2.21. The monoisotopic (exact) mass is 229 g/mol. The highest BCUT2D eigenvalue weighted by Gasteiger charge is 2.33. The molecule has 2 atom stereocenters. The number of rotatable bonds is 2. The molecule has 4 heteroatoms. The Hall–Kier alpha value is -0.770. The molecule has 1 fully saturated rings. The quantitative estimate of drug-likeness (QED) is 0.788.